The van der Waals surface area contributed by atoms with Gasteiger partial charge >= 0.3 is 0 Å². The summed E-state index contributed by atoms with van der Waals surface area (Å²) in [5.74, 6) is 0.782. The second-order valence-electron chi connectivity index (χ2n) is 4.43. The molecule has 2 aliphatic rings. The molecule has 0 aliphatic carbocycles. The van der Waals surface area contributed by atoms with E-state index in [0.29, 0.717) is 12.5 Å². The van der Waals surface area contributed by atoms with Crippen LogP contribution in [-0.4, -0.2) is 43.3 Å². The zero-order valence-corrected chi connectivity index (χ0v) is 9.37. The van der Waals surface area contributed by atoms with Gasteiger partial charge in [-0.2, -0.15) is 0 Å². The van der Waals surface area contributed by atoms with Crippen molar-refractivity contribution in [1.29, 1.82) is 0 Å². The van der Waals surface area contributed by atoms with Crippen LogP contribution in [-0.2, 0) is 9.53 Å². The van der Waals surface area contributed by atoms with Crippen molar-refractivity contribution in [1.82, 2.24) is 10.2 Å². The van der Waals surface area contributed by atoms with E-state index >= 15 is 0 Å². The Morgan fingerprint density at radius 2 is 2.47 bits per heavy atom. The molecule has 15 heavy (non-hydrogen) atoms. The number of amides is 1. The SMILES string of the molecule is CCC1NCC(=O)N1CC1CCCOC1. The fourth-order valence-corrected chi connectivity index (χ4v) is 2.41. The molecule has 2 unspecified atom stereocenters. The summed E-state index contributed by atoms with van der Waals surface area (Å²) in [5, 5.41) is 3.23. The molecule has 0 bridgehead atoms. The van der Waals surface area contributed by atoms with Crippen LogP contribution in [0.5, 0.6) is 0 Å². The van der Waals surface area contributed by atoms with Crippen LogP contribution in [0.15, 0.2) is 0 Å². The number of carbonyl (C=O) groups excluding carboxylic acids is 1. The van der Waals surface area contributed by atoms with Crippen molar-refractivity contribution >= 4 is 5.91 Å². The lowest BCUT2D eigenvalue weighted by atomic mass is 10.0. The van der Waals surface area contributed by atoms with Crippen LogP contribution in [0.1, 0.15) is 26.2 Å². The molecular formula is C11H20N2O2. The number of rotatable bonds is 3. The third kappa shape index (κ3) is 2.49. The fraction of sp³-hybridized carbons (Fsp3) is 0.909. The Morgan fingerprint density at radius 3 is 3.13 bits per heavy atom. The predicted octanol–water partition coefficient (Wildman–Crippen LogP) is 0.581. The fourth-order valence-electron chi connectivity index (χ4n) is 2.41. The van der Waals surface area contributed by atoms with E-state index in [1.54, 1.807) is 0 Å². The predicted molar refractivity (Wildman–Crippen MR) is 57.3 cm³/mol. The molecular weight excluding hydrogens is 192 g/mol. The molecule has 4 nitrogen and oxygen atoms in total. The Kier molecular flexibility index (Phi) is 3.59. The maximum atomic E-state index is 11.6. The molecule has 86 valence electrons. The van der Waals surface area contributed by atoms with Crippen LogP contribution < -0.4 is 5.32 Å². The van der Waals surface area contributed by atoms with Crippen LogP contribution in [0.4, 0.5) is 0 Å². The molecule has 2 saturated heterocycles. The van der Waals surface area contributed by atoms with Gasteiger partial charge in [-0.25, -0.2) is 0 Å². The number of hydrogen-bond donors (Lipinski definition) is 1. The summed E-state index contributed by atoms with van der Waals surface area (Å²) < 4.78 is 5.44. The van der Waals surface area contributed by atoms with Gasteiger partial charge in [0.1, 0.15) is 0 Å². The maximum Gasteiger partial charge on any atom is 0.237 e. The molecule has 0 aromatic heterocycles. The monoisotopic (exact) mass is 212 g/mol. The van der Waals surface area contributed by atoms with Gasteiger partial charge < -0.3 is 9.64 Å². The highest BCUT2D eigenvalue weighted by atomic mass is 16.5. The van der Waals surface area contributed by atoms with Gasteiger partial charge in [-0.3, -0.25) is 10.1 Å². The third-order valence-corrected chi connectivity index (χ3v) is 3.28. The van der Waals surface area contributed by atoms with Crippen LogP contribution in [0.3, 0.4) is 0 Å². The van der Waals surface area contributed by atoms with Gasteiger partial charge in [0, 0.05) is 19.1 Å². The van der Waals surface area contributed by atoms with E-state index in [2.05, 4.69) is 12.2 Å². The van der Waals surface area contributed by atoms with Crippen molar-refractivity contribution in [2.75, 3.05) is 26.3 Å². The Balaban J connectivity index is 1.88. The van der Waals surface area contributed by atoms with E-state index < -0.39 is 0 Å². The Bertz CT molecular complexity index is 227. The van der Waals surface area contributed by atoms with E-state index in [9.17, 15) is 4.79 Å². The Hall–Kier alpha value is -0.610. The van der Waals surface area contributed by atoms with Gasteiger partial charge in [-0.15, -0.1) is 0 Å². The maximum absolute atomic E-state index is 11.6. The van der Waals surface area contributed by atoms with E-state index in [0.717, 1.165) is 32.6 Å². The smallest absolute Gasteiger partial charge is 0.237 e. The first-order chi connectivity index (χ1) is 7.31. The number of nitrogens with one attached hydrogen (secondary N) is 1. The average molecular weight is 212 g/mol. The first kappa shape index (κ1) is 10.9. The first-order valence-corrected chi connectivity index (χ1v) is 5.92. The van der Waals surface area contributed by atoms with Gasteiger partial charge in [-0.05, 0) is 19.3 Å². The molecule has 0 aromatic carbocycles. The van der Waals surface area contributed by atoms with Crippen LogP contribution in [0, 0.1) is 5.92 Å². The minimum absolute atomic E-state index is 0.243. The largest absolute Gasteiger partial charge is 0.381 e. The molecule has 0 saturated carbocycles. The lowest BCUT2D eigenvalue weighted by Gasteiger charge is -2.30. The van der Waals surface area contributed by atoms with E-state index in [4.69, 9.17) is 4.74 Å². The minimum atomic E-state index is 0.243. The molecule has 4 heteroatoms. The molecule has 2 fully saturated rings. The van der Waals surface area contributed by atoms with Crippen molar-refractivity contribution in [3.8, 4) is 0 Å². The first-order valence-electron chi connectivity index (χ1n) is 5.92. The summed E-state index contributed by atoms with van der Waals surface area (Å²) in [6.45, 7) is 5.19. The van der Waals surface area contributed by atoms with Gasteiger partial charge in [0.25, 0.3) is 0 Å². The minimum Gasteiger partial charge on any atom is -0.381 e. The molecule has 2 aliphatic heterocycles. The highest BCUT2D eigenvalue weighted by Crippen LogP contribution is 2.18. The van der Waals surface area contributed by atoms with E-state index in [1.807, 2.05) is 4.90 Å². The Morgan fingerprint density at radius 1 is 1.60 bits per heavy atom. The van der Waals surface area contributed by atoms with Gasteiger partial charge in [0.2, 0.25) is 5.91 Å². The summed E-state index contributed by atoms with van der Waals surface area (Å²) in [7, 11) is 0. The normalized spacial score (nSPS) is 32.3. The molecule has 2 rings (SSSR count). The van der Waals surface area contributed by atoms with Crippen LogP contribution >= 0.6 is 0 Å². The van der Waals surface area contributed by atoms with Gasteiger partial charge in [0.05, 0.1) is 19.3 Å². The number of nitrogens with zero attached hydrogens (tertiary/aromatic N) is 1. The lowest BCUT2D eigenvalue weighted by Crippen LogP contribution is -2.41. The molecule has 0 aromatic rings. The highest BCUT2D eigenvalue weighted by Gasteiger charge is 2.31. The summed E-state index contributed by atoms with van der Waals surface area (Å²) >= 11 is 0. The standard InChI is InChI=1S/C11H20N2O2/c1-2-10-12-6-11(14)13(10)7-9-4-3-5-15-8-9/h9-10,12H,2-8H2,1H3. The third-order valence-electron chi connectivity index (χ3n) is 3.28. The summed E-state index contributed by atoms with van der Waals surface area (Å²) in [6.07, 6.45) is 3.57. The average Bonchev–Trinajstić information content (AvgIpc) is 2.62. The Labute approximate surface area is 91.0 Å². The number of hydrogen-bond acceptors (Lipinski definition) is 3. The molecule has 2 atom stereocenters. The molecule has 0 radical (unpaired) electrons. The van der Waals surface area contributed by atoms with Crippen molar-refractivity contribution < 1.29 is 9.53 Å². The summed E-state index contributed by atoms with van der Waals surface area (Å²) in [4.78, 5) is 13.6. The second kappa shape index (κ2) is 4.94. The molecule has 1 N–H and O–H groups in total. The molecule has 2 heterocycles. The number of carbonyl (C=O) groups is 1. The highest BCUT2D eigenvalue weighted by molar-refractivity contribution is 5.80. The summed E-state index contributed by atoms with van der Waals surface area (Å²) in [6, 6.07) is 0. The quantitative estimate of drug-likeness (QED) is 0.744. The zero-order chi connectivity index (χ0) is 10.7. The molecule has 1 amide bonds. The summed E-state index contributed by atoms with van der Waals surface area (Å²) in [5.41, 5.74) is 0. The number of ether oxygens (including phenoxy) is 1. The topological polar surface area (TPSA) is 41.6 Å². The van der Waals surface area contributed by atoms with Crippen molar-refractivity contribution in [2.45, 2.75) is 32.4 Å². The van der Waals surface area contributed by atoms with E-state index in [-0.39, 0.29) is 12.1 Å². The van der Waals surface area contributed by atoms with Crippen LogP contribution in [0.2, 0.25) is 0 Å². The van der Waals surface area contributed by atoms with Crippen molar-refractivity contribution in [2.24, 2.45) is 5.92 Å². The lowest BCUT2D eigenvalue weighted by molar-refractivity contribution is -0.129. The zero-order valence-electron chi connectivity index (χ0n) is 9.37. The van der Waals surface area contributed by atoms with Gasteiger partial charge in [-0.1, -0.05) is 6.92 Å². The van der Waals surface area contributed by atoms with Crippen LogP contribution in [0.25, 0.3) is 0 Å². The van der Waals surface area contributed by atoms with Crippen molar-refractivity contribution in [3.63, 3.8) is 0 Å². The van der Waals surface area contributed by atoms with Gasteiger partial charge in [0.15, 0.2) is 0 Å². The van der Waals surface area contributed by atoms with Crippen molar-refractivity contribution in [3.05, 3.63) is 0 Å². The molecule has 0 spiro atoms. The van der Waals surface area contributed by atoms with E-state index in [1.165, 1.54) is 6.42 Å². The second-order valence-corrected chi connectivity index (χ2v) is 4.43.